The zero-order valence-electron chi connectivity index (χ0n) is 9.76. The van der Waals surface area contributed by atoms with Gasteiger partial charge in [-0.15, -0.1) is 0 Å². The summed E-state index contributed by atoms with van der Waals surface area (Å²) in [5.74, 6) is 0.731. The van der Waals surface area contributed by atoms with E-state index in [1.54, 1.807) is 7.11 Å². The molecule has 0 radical (unpaired) electrons. The third-order valence-electron chi connectivity index (χ3n) is 2.43. The van der Waals surface area contributed by atoms with E-state index in [0.29, 0.717) is 0 Å². The Bertz CT molecular complexity index is 342. The van der Waals surface area contributed by atoms with Crippen LogP contribution in [-0.2, 0) is 0 Å². The minimum atomic E-state index is -2.33. The van der Waals surface area contributed by atoms with Gasteiger partial charge in [-0.3, -0.25) is 0 Å². The third-order valence-corrected chi connectivity index (χ3v) is 2.43. The molecule has 1 unspecified atom stereocenters. The summed E-state index contributed by atoms with van der Waals surface area (Å²) in [5.41, 5.74) is 1.98. The normalized spacial score (nSPS) is 12.9. The Balaban J connectivity index is 2.77. The zero-order valence-corrected chi connectivity index (χ0v) is 9.76. The third kappa shape index (κ3) is 3.45. The van der Waals surface area contributed by atoms with Gasteiger partial charge >= 0.3 is 0 Å². The van der Waals surface area contributed by atoms with Gasteiger partial charge in [0.15, 0.2) is 0 Å². The van der Waals surface area contributed by atoms with Crippen molar-refractivity contribution in [3.63, 3.8) is 0 Å². The van der Waals surface area contributed by atoms with Gasteiger partial charge in [-0.25, -0.2) is 8.78 Å². The number of rotatable bonds is 5. The lowest BCUT2D eigenvalue weighted by Gasteiger charge is -2.17. The number of aryl methyl sites for hydroxylation is 1. The predicted molar refractivity (Wildman–Crippen MR) is 60.2 cm³/mol. The highest BCUT2D eigenvalue weighted by Gasteiger charge is 2.12. The molecule has 90 valence electrons. The van der Waals surface area contributed by atoms with E-state index in [1.165, 1.54) is 0 Å². The average Bonchev–Trinajstić information content (AvgIpc) is 2.25. The summed E-state index contributed by atoms with van der Waals surface area (Å²) in [4.78, 5) is 0. The van der Waals surface area contributed by atoms with Crippen molar-refractivity contribution < 1.29 is 13.5 Å². The molecule has 1 aromatic carbocycles. The second-order valence-corrected chi connectivity index (χ2v) is 3.77. The minimum Gasteiger partial charge on any atom is -0.496 e. The van der Waals surface area contributed by atoms with Crippen LogP contribution in [0, 0.1) is 6.92 Å². The summed E-state index contributed by atoms with van der Waals surface area (Å²) >= 11 is 0. The summed E-state index contributed by atoms with van der Waals surface area (Å²) in [5, 5.41) is 2.76. The van der Waals surface area contributed by atoms with Gasteiger partial charge in [0.05, 0.1) is 13.7 Å². The average molecular weight is 229 g/mol. The number of benzene rings is 1. The molecule has 0 aliphatic carbocycles. The number of ether oxygens (including phenoxy) is 1. The van der Waals surface area contributed by atoms with Crippen molar-refractivity contribution >= 4 is 0 Å². The van der Waals surface area contributed by atoms with Gasteiger partial charge in [0.25, 0.3) is 6.43 Å². The molecule has 1 rings (SSSR count). The Morgan fingerprint density at radius 3 is 2.62 bits per heavy atom. The molecule has 0 heterocycles. The van der Waals surface area contributed by atoms with Crippen molar-refractivity contribution in [1.82, 2.24) is 5.32 Å². The molecule has 0 saturated heterocycles. The number of nitrogens with one attached hydrogen (secondary N) is 1. The molecule has 0 bridgehead atoms. The quantitative estimate of drug-likeness (QED) is 0.838. The van der Waals surface area contributed by atoms with E-state index in [9.17, 15) is 8.78 Å². The molecule has 1 atom stereocenters. The Hall–Kier alpha value is -1.16. The molecule has 0 aromatic heterocycles. The van der Waals surface area contributed by atoms with Crippen molar-refractivity contribution in [2.75, 3.05) is 13.7 Å². The first-order valence-corrected chi connectivity index (χ1v) is 5.20. The van der Waals surface area contributed by atoms with E-state index >= 15 is 0 Å². The van der Waals surface area contributed by atoms with Crippen LogP contribution in [-0.4, -0.2) is 20.1 Å². The minimum absolute atomic E-state index is 0.149. The maximum atomic E-state index is 12.1. The SMILES string of the molecule is COc1cc(C)ccc1C(C)NCC(F)F. The first kappa shape index (κ1) is 12.9. The summed E-state index contributed by atoms with van der Waals surface area (Å²) in [6, 6.07) is 5.59. The highest BCUT2D eigenvalue weighted by atomic mass is 19.3. The second-order valence-electron chi connectivity index (χ2n) is 3.77. The van der Waals surface area contributed by atoms with Crippen molar-refractivity contribution in [2.45, 2.75) is 26.3 Å². The van der Waals surface area contributed by atoms with Crippen molar-refractivity contribution in [3.05, 3.63) is 29.3 Å². The van der Waals surface area contributed by atoms with Crippen molar-refractivity contribution in [1.29, 1.82) is 0 Å². The van der Waals surface area contributed by atoms with E-state index in [0.717, 1.165) is 16.9 Å². The molecular formula is C12H17F2NO. The standard InChI is InChI=1S/C12H17F2NO/c1-8-4-5-10(11(6-8)16-3)9(2)15-7-12(13)14/h4-6,9,12,15H,7H2,1-3H3. The summed E-state index contributed by atoms with van der Waals surface area (Å²) in [6.45, 7) is 3.50. The maximum absolute atomic E-state index is 12.1. The lowest BCUT2D eigenvalue weighted by atomic mass is 10.1. The smallest absolute Gasteiger partial charge is 0.250 e. The predicted octanol–water partition coefficient (Wildman–Crippen LogP) is 2.92. The van der Waals surface area contributed by atoms with Crippen LogP contribution in [0.25, 0.3) is 0 Å². The number of methoxy groups -OCH3 is 1. The Kier molecular flexibility index (Phi) is 4.68. The fourth-order valence-electron chi connectivity index (χ4n) is 1.55. The van der Waals surface area contributed by atoms with Crippen molar-refractivity contribution in [2.24, 2.45) is 0 Å². The molecule has 0 aliphatic rings. The molecule has 0 saturated carbocycles. The largest absolute Gasteiger partial charge is 0.496 e. The van der Waals surface area contributed by atoms with Gasteiger partial charge in [0.2, 0.25) is 0 Å². The van der Waals surface area contributed by atoms with Crippen molar-refractivity contribution in [3.8, 4) is 5.75 Å². The Labute approximate surface area is 94.6 Å². The summed E-state index contributed by atoms with van der Waals surface area (Å²) in [6.07, 6.45) is -2.33. The van der Waals surface area contributed by atoms with Gasteiger partial charge in [-0.1, -0.05) is 12.1 Å². The number of hydrogen-bond acceptors (Lipinski definition) is 2. The Morgan fingerprint density at radius 2 is 2.06 bits per heavy atom. The van der Waals surface area contributed by atoms with E-state index in [4.69, 9.17) is 4.74 Å². The van der Waals surface area contributed by atoms with E-state index in [2.05, 4.69) is 5.32 Å². The first-order chi connectivity index (χ1) is 7.54. The van der Waals surface area contributed by atoms with E-state index < -0.39 is 6.43 Å². The summed E-state index contributed by atoms with van der Waals surface area (Å²) < 4.78 is 29.4. The number of alkyl halides is 2. The number of hydrogen-bond donors (Lipinski definition) is 1. The van der Waals surface area contributed by atoms with Gasteiger partial charge in [-0.05, 0) is 25.5 Å². The van der Waals surface area contributed by atoms with Crippen LogP contribution >= 0.6 is 0 Å². The molecule has 4 heteroatoms. The molecule has 0 amide bonds. The second kappa shape index (κ2) is 5.80. The highest BCUT2D eigenvalue weighted by molar-refractivity contribution is 5.38. The zero-order chi connectivity index (χ0) is 12.1. The van der Waals surface area contributed by atoms with E-state index in [-0.39, 0.29) is 12.6 Å². The summed E-state index contributed by atoms with van der Waals surface area (Å²) in [7, 11) is 1.58. The van der Waals surface area contributed by atoms with Crippen LogP contribution in [0.4, 0.5) is 8.78 Å². The van der Waals surface area contributed by atoms with E-state index in [1.807, 2.05) is 32.0 Å². The molecule has 1 N–H and O–H groups in total. The topological polar surface area (TPSA) is 21.3 Å². The molecular weight excluding hydrogens is 212 g/mol. The molecule has 1 aromatic rings. The van der Waals surface area contributed by atoms with Gasteiger partial charge < -0.3 is 10.1 Å². The maximum Gasteiger partial charge on any atom is 0.250 e. The first-order valence-electron chi connectivity index (χ1n) is 5.20. The highest BCUT2D eigenvalue weighted by Crippen LogP contribution is 2.25. The van der Waals surface area contributed by atoms with Gasteiger partial charge in [0.1, 0.15) is 5.75 Å². The van der Waals surface area contributed by atoms with Crippen LogP contribution in [0.2, 0.25) is 0 Å². The van der Waals surface area contributed by atoms with Crippen LogP contribution < -0.4 is 10.1 Å². The van der Waals surface area contributed by atoms with Crippen LogP contribution in [0.1, 0.15) is 24.1 Å². The molecule has 0 fully saturated rings. The van der Waals surface area contributed by atoms with Crippen LogP contribution in [0.3, 0.4) is 0 Å². The number of halogens is 2. The Morgan fingerprint density at radius 1 is 1.38 bits per heavy atom. The lowest BCUT2D eigenvalue weighted by molar-refractivity contribution is 0.142. The molecule has 0 spiro atoms. The van der Waals surface area contributed by atoms with Crippen LogP contribution in [0.15, 0.2) is 18.2 Å². The monoisotopic (exact) mass is 229 g/mol. The van der Waals surface area contributed by atoms with Gasteiger partial charge in [-0.2, -0.15) is 0 Å². The molecule has 0 aliphatic heterocycles. The fraction of sp³-hybridized carbons (Fsp3) is 0.500. The molecule has 2 nitrogen and oxygen atoms in total. The fourth-order valence-corrected chi connectivity index (χ4v) is 1.55. The van der Waals surface area contributed by atoms with Gasteiger partial charge in [0, 0.05) is 11.6 Å². The molecule has 16 heavy (non-hydrogen) atoms. The van der Waals surface area contributed by atoms with Crippen LogP contribution in [0.5, 0.6) is 5.75 Å². The lowest BCUT2D eigenvalue weighted by Crippen LogP contribution is -2.24.